The van der Waals surface area contributed by atoms with Gasteiger partial charge in [-0.25, -0.2) is 22.5 Å². The summed E-state index contributed by atoms with van der Waals surface area (Å²) in [5.74, 6) is 1.15. The highest BCUT2D eigenvalue weighted by Gasteiger charge is 2.21. The number of nitrogens with zero attached hydrogens (tertiary/aromatic N) is 4. The first-order valence-corrected chi connectivity index (χ1v) is 12.9. The average Bonchev–Trinajstić information content (AvgIpc) is 3.28. The molecule has 176 valence electrons. The lowest BCUT2D eigenvalue weighted by atomic mass is 10.1. The van der Waals surface area contributed by atoms with Gasteiger partial charge in [0.15, 0.2) is 0 Å². The van der Waals surface area contributed by atoms with Crippen LogP contribution >= 0.6 is 11.5 Å². The molecule has 1 fully saturated rings. The van der Waals surface area contributed by atoms with E-state index < -0.39 is 15.8 Å². The van der Waals surface area contributed by atoms with Gasteiger partial charge >= 0.3 is 0 Å². The summed E-state index contributed by atoms with van der Waals surface area (Å²) >= 11 is 1.40. The van der Waals surface area contributed by atoms with E-state index in [0.29, 0.717) is 19.5 Å². The lowest BCUT2D eigenvalue weighted by Gasteiger charge is -2.34. The number of ether oxygens (including phenoxy) is 1. The van der Waals surface area contributed by atoms with Crippen LogP contribution in [0.1, 0.15) is 11.4 Å². The normalized spacial score (nSPS) is 15.0. The van der Waals surface area contributed by atoms with Crippen molar-refractivity contribution < 1.29 is 17.5 Å². The van der Waals surface area contributed by atoms with Gasteiger partial charge in [-0.15, -0.1) is 0 Å². The number of hydrogen-bond acceptors (Lipinski definition) is 8. The van der Waals surface area contributed by atoms with Crippen LogP contribution < -0.4 is 14.4 Å². The molecular formula is C22H26FN5O3S2. The lowest BCUT2D eigenvalue weighted by molar-refractivity contribution is 0.262. The van der Waals surface area contributed by atoms with Crippen LogP contribution in [0.5, 0.6) is 5.75 Å². The molecule has 33 heavy (non-hydrogen) atoms. The Kier molecular flexibility index (Phi) is 7.53. The van der Waals surface area contributed by atoms with Crippen molar-refractivity contribution in [2.75, 3.05) is 51.3 Å². The Labute approximate surface area is 197 Å². The number of sulfonamides is 1. The van der Waals surface area contributed by atoms with Gasteiger partial charge in [0.05, 0.1) is 12.0 Å². The van der Waals surface area contributed by atoms with Crippen molar-refractivity contribution in [3.63, 3.8) is 0 Å². The molecule has 1 saturated heterocycles. The summed E-state index contributed by atoms with van der Waals surface area (Å²) in [4.78, 5) is 9.19. The minimum Gasteiger partial charge on any atom is -0.497 e. The Balaban J connectivity index is 1.23. The fourth-order valence-corrected chi connectivity index (χ4v) is 5.37. The van der Waals surface area contributed by atoms with E-state index in [0.717, 1.165) is 60.6 Å². The molecule has 1 aliphatic rings. The first-order chi connectivity index (χ1) is 15.9. The molecule has 11 heteroatoms. The van der Waals surface area contributed by atoms with Crippen molar-refractivity contribution in [2.45, 2.75) is 11.3 Å². The largest absolute Gasteiger partial charge is 0.497 e. The molecule has 2 heterocycles. The first-order valence-electron chi connectivity index (χ1n) is 10.6. The molecule has 0 bridgehead atoms. The van der Waals surface area contributed by atoms with Gasteiger partial charge in [0.25, 0.3) is 0 Å². The SMILES string of the molecule is COc1cccc(Cc2nsc(N3CCN(CCNS(=O)(=O)c4ccc(F)cc4)CC3)n2)c1. The van der Waals surface area contributed by atoms with Gasteiger partial charge in [-0.3, -0.25) is 4.90 Å². The Morgan fingerprint density at radius 2 is 1.88 bits per heavy atom. The number of halogens is 1. The van der Waals surface area contributed by atoms with E-state index in [4.69, 9.17) is 9.72 Å². The van der Waals surface area contributed by atoms with Crippen LogP contribution in [-0.2, 0) is 16.4 Å². The third-order valence-electron chi connectivity index (χ3n) is 5.44. The Bertz CT molecular complexity index is 1160. The van der Waals surface area contributed by atoms with Gasteiger partial charge in [0.2, 0.25) is 15.2 Å². The maximum atomic E-state index is 13.0. The van der Waals surface area contributed by atoms with Crippen molar-refractivity contribution in [3.05, 3.63) is 65.7 Å². The predicted molar refractivity (Wildman–Crippen MR) is 126 cm³/mol. The van der Waals surface area contributed by atoms with Crippen LogP contribution in [0.2, 0.25) is 0 Å². The van der Waals surface area contributed by atoms with Crippen LogP contribution in [0.3, 0.4) is 0 Å². The molecule has 8 nitrogen and oxygen atoms in total. The number of rotatable bonds is 9. The van der Waals surface area contributed by atoms with Gasteiger partial charge < -0.3 is 9.64 Å². The summed E-state index contributed by atoms with van der Waals surface area (Å²) in [6.07, 6.45) is 0.655. The number of anilines is 1. The summed E-state index contributed by atoms with van der Waals surface area (Å²) in [6, 6.07) is 12.7. The molecule has 0 atom stereocenters. The molecule has 1 aliphatic heterocycles. The van der Waals surface area contributed by atoms with Crippen LogP contribution in [0, 0.1) is 5.82 Å². The number of nitrogens with one attached hydrogen (secondary N) is 1. The number of piperazine rings is 1. The van der Waals surface area contributed by atoms with E-state index in [1.165, 1.54) is 23.7 Å². The van der Waals surface area contributed by atoms with Crippen molar-refractivity contribution in [3.8, 4) is 5.75 Å². The van der Waals surface area contributed by atoms with Gasteiger partial charge in [-0.1, -0.05) is 12.1 Å². The predicted octanol–water partition coefficient (Wildman–Crippen LogP) is 2.38. The van der Waals surface area contributed by atoms with Gasteiger partial charge in [-0.2, -0.15) is 4.37 Å². The highest BCUT2D eigenvalue weighted by Crippen LogP contribution is 2.21. The molecule has 1 N–H and O–H groups in total. The highest BCUT2D eigenvalue weighted by molar-refractivity contribution is 7.89. The van der Waals surface area contributed by atoms with E-state index in [1.807, 2.05) is 24.3 Å². The van der Waals surface area contributed by atoms with E-state index in [2.05, 4.69) is 18.9 Å². The van der Waals surface area contributed by atoms with Crippen molar-refractivity contribution in [1.29, 1.82) is 0 Å². The Morgan fingerprint density at radius 3 is 2.61 bits per heavy atom. The minimum absolute atomic E-state index is 0.0646. The van der Waals surface area contributed by atoms with Gasteiger partial charge in [-0.05, 0) is 42.0 Å². The number of methoxy groups -OCH3 is 1. The monoisotopic (exact) mass is 491 g/mol. The Hall–Kier alpha value is -2.60. The third-order valence-corrected chi connectivity index (χ3v) is 7.73. The van der Waals surface area contributed by atoms with E-state index >= 15 is 0 Å². The second-order valence-electron chi connectivity index (χ2n) is 7.70. The van der Waals surface area contributed by atoms with Crippen LogP contribution in [-0.4, -0.2) is 69.1 Å². The van der Waals surface area contributed by atoms with Crippen molar-refractivity contribution in [1.82, 2.24) is 19.0 Å². The third kappa shape index (κ3) is 6.26. The molecule has 4 rings (SSSR count). The maximum absolute atomic E-state index is 13.0. The fraction of sp³-hybridized carbons (Fsp3) is 0.364. The highest BCUT2D eigenvalue weighted by atomic mass is 32.2. The number of aromatic nitrogens is 2. The molecule has 0 unspecified atom stereocenters. The average molecular weight is 492 g/mol. The van der Waals surface area contributed by atoms with Crippen LogP contribution in [0.15, 0.2) is 53.4 Å². The molecule has 0 aliphatic carbocycles. The van der Waals surface area contributed by atoms with E-state index in [1.54, 1.807) is 7.11 Å². The smallest absolute Gasteiger partial charge is 0.240 e. The topological polar surface area (TPSA) is 87.7 Å². The summed E-state index contributed by atoms with van der Waals surface area (Å²) in [7, 11) is -1.99. The quantitative estimate of drug-likeness (QED) is 0.492. The molecule has 3 aromatic rings. The van der Waals surface area contributed by atoms with Gasteiger partial charge in [0, 0.05) is 57.2 Å². The molecule has 1 aromatic heterocycles. The lowest BCUT2D eigenvalue weighted by Crippen LogP contribution is -2.48. The first kappa shape index (κ1) is 23.6. The van der Waals surface area contributed by atoms with Crippen LogP contribution in [0.4, 0.5) is 9.52 Å². The van der Waals surface area contributed by atoms with E-state index in [-0.39, 0.29) is 4.90 Å². The second-order valence-corrected chi connectivity index (χ2v) is 10.2. The molecule has 0 spiro atoms. The molecule has 2 aromatic carbocycles. The van der Waals surface area contributed by atoms with Crippen molar-refractivity contribution in [2.24, 2.45) is 0 Å². The second kappa shape index (κ2) is 10.6. The summed E-state index contributed by atoms with van der Waals surface area (Å²) < 4.78 is 50.0. The fourth-order valence-electron chi connectivity index (χ4n) is 3.61. The van der Waals surface area contributed by atoms with Crippen molar-refractivity contribution >= 4 is 26.7 Å². The zero-order valence-electron chi connectivity index (χ0n) is 18.3. The number of hydrogen-bond donors (Lipinski definition) is 1. The summed E-state index contributed by atoms with van der Waals surface area (Å²) in [5, 5.41) is 0.907. The summed E-state index contributed by atoms with van der Waals surface area (Å²) in [6.45, 7) is 4.12. The standard InChI is InChI=1S/C22H26FN5O3S2/c1-31-19-4-2-3-17(15-19)16-21-25-22(32-26-21)28-13-11-27(12-14-28)10-9-24-33(29,30)20-7-5-18(23)6-8-20/h2-8,15,24H,9-14,16H2,1H3. The zero-order valence-corrected chi connectivity index (χ0v) is 19.9. The van der Waals surface area contributed by atoms with Gasteiger partial charge in [0.1, 0.15) is 17.4 Å². The van der Waals surface area contributed by atoms with E-state index in [9.17, 15) is 12.8 Å². The molecule has 0 saturated carbocycles. The molecule has 0 radical (unpaired) electrons. The molecular weight excluding hydrogens is 465 g/mol. The van der Waals surface area contributed by atoms with Crippen LogP contribution in [0.25, 0.3) is 0 Å². The summed E-state index contributed by atoms with van der Waals surface area (Å²) in [5.41, 5.74) is 1.10. The Morgan fingerprint density at radius 1 is 1.12 bits per heavy atom. The molecule has 0 amide bonds. The zero-order chi connectivity index (χ0) is 23.3. The minimum atomic E-state index is -3.64. The number of benzene rings is 2. The maximum Gasteiger partial charge on any atom is 0.240 e.